The van der Waals surface area contributed by atoms with Crippen molar-refractivity contribution in [1.82, 2.24) is 30.2 Å². The molecule has 0 aliphatic rings. The van der Waals surface area contributed by atoms with Gasteiger partial charge in [0.1, 0.15) is 17.9 Å². The first kappa shape index (κ1) is 51.2. The molecule has 0 aliphatic carbocycles. The lowest BCUT2D eigenvalue weighted by molar-refractivity contribution is -0.143. The van der Waals surface area contributed by atoms with Gasteiger partial charge < -0.3 is 20.8 Å². The molecule has 3 aromatic heterocycles. The number of aryl methyl sites for hydroxylation is 4. The van der Waals surface area contributed by atoms with Gasteiger partial charge in [0.2, 0.25) is 5.91 Å². The van der Waals surface area contributed by atoms with Crippen LogP contribution in [0.4, 0.5) is 0 Å². The van der Waals surface area contributed by atoms with Crippen LogP contribution in [-0.4, -0.2) is 71.4 Å². The molecule has 3 heterocycles. The molecule has 0 bridgehead atoms. The second-order valence-corrected chi connectivity index (χ2v) is 17.9. The zero-order valence-electron chi connectivity index (χ0n) is 37.6. The lowest BCUT2D eigenvalue weighted by Crippen LogP contribution is -2.46. The molecule has 67 heavy (non-hydrogen) atoms. The Labute approximate surface area is 400 Å². The van der Waals surface area contributed by atoms with Gasteiger partial charge in [-0.1, -0.05) is 91.6 Å². The molecule has 4 N–H and O–H groups in total. The first-order valence-corrected chi connectivity index (χ1v) is 22.7. The van der Waals surface area contributed by atoms with Crippen molar-refractivity contribution in [3.63, 3.8) is 0 Å². The molecule has 0 saturated carbocycles. The van der Waals surface area contributed by atoms with Gasteiger partial charge in [-0.25, -0.2) is 19.0 Å². The van der Waals surface area contributed by atoms with Crippen LogP contribution in [-0.2, 0) is 52.5 Å². The topological polar surface area (TPSA) is 220 Å². The Morgan fingerprint density at radius 3 is 1.57 bits per heavy atom. The quantitative estimate of drug-likeness (QED) is 0.0737. The average molecular weight is 970 g/mol. The van der Waals surface area contributed by atoms with Gasteiger partial charge in [-0.3, -0.25) is 24.0 Å². The molecule has 6 aromatic rings. The Morgan fingerprint density at radius 2 is 1.15 bits per heavy atom. The fraction of sp³-hybridized carbons (Fsp3) is 0.286. The number of amides is 2. The van der Waals surface area contributed by atoms with Crippen molar-refractivity contribution >= 4 is 64.1 Å². The molecule has 3 aromatic carbocycles. The van der Waals surface area contributed by atoms with Crippen LogP contribution in [0.25, 0.3) is 22.3 Å². The van der Waals surface area contributed by atoms with E-state index in [1.807, 2.05) is 37.6 Å². The number of carboxylic acid groups (broad SMARTS) is 2. The molecule has 0 unspecified atom stereocenters. The molecule has 15 nitrogen and oxygen atoms in total. The highest BCUT2D eigenvalue weighted by Gasteiger charge is 2.30. The monoisotopic (exact) mass is 968 g/mol. The number of hydrogen-bond acceptors (Lipinski definition) is 10. The molecule has 0 spiro atoms. The number of hydrogen-bond donors (Lipinski definition) is 4. The van der Waals surface area contributed by atoms with Crippen LogP contribution in [0.5, 0.6) is 0 Å². The third-order valence-electron chi connectivity index (χ3n) is 11.0. The maximum Gasteiger partial charge on any atom is 0.326 e. The number of Topliss-reactive ketones (excluding diaryl/α,β-unsaturated/α-hetero) is 1. The van der Waals surface area contributed by atoms with Crippen molar-refractivity contribution in [1.29, 1.82) is 0 Å². The number of carbonyl (C=O) groups excluding carboxylic acids is 3. The zero-order chi connectivity index (χ0) is 49.1. The minimum atomic E-state index is -1.19. The standard InChI is InChI=1S/C27H31N3O5S.C22H19Cl2N3O4/c1-16(2)22(13-21(31)11-19-9-10-36-15-19)25(32)29-23(27(34)35)12-18-5-7-20(8-6-18)24-17(3)14-28-30(4)26(24)33;1-12-11-25-27(2)21(29)18(12)14-8-6-13(7-9-14)10-17(22(30)31)26-20(28)19-15(23)4-3-5-16(19)24/h5-10,14-16,22-23H,11-13H2,1-4H3,(H,29,32)(H,34,35);3-9,11,17H,10H2,1-2H3,(H,26,28)(H,30,31)/t22-,23+;17-/m10/s1. The molecule has 3 atom stereocenters. The molecule has 0 aliphatic heterocycles. The Morgan fingerprint density at radius 1 is 0.687 bits per heavy atom. The van der Waals surface area contributed by atoms with Gasteiger partial charge in [0.25, 0.3) is 17.0 Å². The van der Waals surface area contributed by atoms with Crippen molar-refractivity contribution in [2.45, 2.75) is 65.5 Å². The fourth-order valence-electron chi connectivity index (χ4n) is 7.22. The molecule has 0 fully saturated rings. The number of carboxylic acids is 2. The third-order valence-corrected chi connectivity index (χ3v) is 12.4. The normalized spacial score (nSPS) is 12.3. The van der Waals surface area contributed by atoms with E-state index in [1.165, 1.54) is 32.8 Å². The van der Waals surface area contributed by atoms with E-state index >= 15 is 0 Å². The Kier molecular flexibility index (Phi) is 17.7. The van der Waals surface area contributed by atoms with Gasteiger partial charge in [0.15, 0.2) is 0 Å². The van der Waals surface area contributed by atoms with E-state index in [9.17, 15) is 43.8 Å². The average Bonchev–Trinajstić information content (AvgIpc) is 3.79. The van der Waals surface area contributed by atoms with Crippen molar-refractivity contribution in [3.8, 4) is 22.3 Å². The maximum absolute atomic E-state index is 13.0. The Hall–Kier alpha value is -6.75. The van der Waals surface area contributed by atoms with Crippen LogP contribution < -0.4 is 21.8 Å². The molecule has 6 rings (SSSR count). The number of benzene rings is 3. The van der Waals surface area contributed by atoms with E-state index in [4.69, 9.17) is 23.2 Å². The van der Waals surface area contributed by atoms with Gasteiger partial charge >= 0.3 is 11.9 Å². The molecular weight excluding hydrogens is 920 g/mol. The summed E-state index contributed by atoms with van der Waals surface area (Å²) in [6, 6.07) is 18.1. The smallest absolute Gasteiger partial charge is 0.326 e. The number of ketones is 1. The fourth-order valence-corrected chi connectivity index (χ4v) is 8.46. The lowest BCUT2D eigenvalue weighted by atomic mass is 9.88. The summed E-state index contributed by atoms with van der Waals surface area (Å²) in [4.78, 5) is 86.7. The molecule has 0 saturated heterocycles. The Bertz CT molecular complexity index is 2860. The number of nitrogens with one attached hydrogen (secondary N) is 2. The Balaban J connectivity index is 0.000000254. The molecular formula is C49H50Cl2N6O9S. The van der Waals surface area contributed by atoms with E-state index in [0.717, 1.165) is 16.7 Å². The summed E-state index contributed by atoms with van der Waals surface area (Å²) in [6.07, 6.45) is 3.66. The van der Waals surface area contributed by atoms with Crippen LogP contribution >= 0.6 is 34.5 Å². The summed E-state index contributed by atoms with van der Waals surface area (Å²) in [6.45, 7) is 7.31. The summed E-state index contributed by atoms with van der Waals surface area (Å²) in [5.74, 6) is -4.26. The number of aromatic nitrogens is 4. The van der Waals surface area contributed by atoms with E-state index in [-0.39, 0.29) is 64.1 Å². The van der Waals surface area contributed by atoms with Crippen LogP contribution in [0.1, 0.15) is 58.4 Å². The number of aliphatic carboxylic acids is 2. The number of carbonyl (C=O) groups is 5. The van der Waals surface area contributed by atoms with Crippen molar-refractivity contribution < 1.29 is 34.2 Å². The summed E-state index contributed by atoms with van der Waals surface area (Å²) in [7, 11) is 3.16. The highest BCUT2D eigenvalue weighted by molar-refractivity contribution is 7.08. The molecule has 18 heteroatoms. The minimum absolute atomic E-state index is 0.0245. The molecule has 350 valence electrons. The SMILES string of the molecule is Cc1cnn(C)c(=O)c1-c1ccc(C[C@H](NC(=O)[C@H](CC(=O)Cc2ccsc2)C(C)C)C(=O)O)cc1.Cc1cnn(C)c(=O)c1-c1ccc(C[C@H](NC(=O)c2c(Cl)cccc2Cl)C(=O)O)cc1. The number of rotatable bonds is 17. The van der Waals surface area contributed by atoms with Crippen molar-refractivity contribution in [3.05, 3.63) is 160 Å². The van der Waals surface area contributed by atoms with E-state index in [2.05, 4.69) is 20.8 Å². The lowest BCUT2D eigenvalue weighted by Gasteiger charge is -2.23. The number of halogens is 2. The molecule has 2 amide bonds. The van der Waals surface area contributed by atoms with Crippen LogP contribution in [0.2, 0.25) is 10.0 Å². The van der Waals surface area contributed by atoms with Gasteiger partial charge in [0.05, 0.1) is 39.1 Å². The molecule has 0 radical (unpaired) electrons. The summed E-state index contributed by atoms with van der Waals surface area (Å²) in [5.41, 5.74) is 5.83. The summed E-state index contributed by atoms with van der Waals surface area (Å²) < 4.78 is 2.52. The third kappa shape index (κ3) is 13.4. The van der Waals surface area contributed by atoms with Crippen LogP contribution in [0, 0.1) is 25.7 Å². The predicted molar refractivity (Wildman–Crippen MR) is 258 cm³/mol. The number of nitrogens with zero attached hydrogens (tertiary/aromatic N) is 4. The second-order valence-electron chi connectivity index (χ2n) is 16.3. The van der Waals surface area contributed by atoms with Gasteiger partial charge in [-0.2, -0.15) is 21.5 Å². The summed E-state index contributed by atoms with van der Waals surface area (Å²) >= 11 is 13.6. The van der Waals surface area contributed by atoms with Gasteiger partial charge in [-0.05, 0) is 87.7 Å². The first-order chi connectivity index (χ1) is 31.7. The zero-order valence-corrected chi connectivity index (χ0v) is 39.9. The summed E-state index contributed by atoms with van der Waals surface area (Å²) in [5, 5.41) is 36.5. The second kappa shape index (κ2) is 23.1. The highest BCUT2D eigenvalue weighted by atomic mass is 35.5. The van der Waals surface area contributed by atoms with Crippen LogP contribution in [0.3, 0.4) is 0 Å². The first-order valence-electron chi connectivity index (χ1n) is 21.0. The van der Waals surface area contributed by atoms with Crippen molar-refractivity contribution in [2.75, 3.05) is 0 Å². The minimum Gasteiger partial charge on any atom is -0.480 e. The highest BCUT2D eigenvalue weighted by Crippen LogP contribution is 2.26. The van der Waals surface area contributed by atoms with E-state index < -0.39 is 41.8 Å². The van der Waals surface area contributed by atoms with Gasteiger partial charge in [0, 0.05) is 45.7 Å². The van der Waals surface area contributed by atoms with Gasteiger partial charge in [-0.15, -0.1) is 0 Å². The van der Waals surface area contributed by atoms with E-state index in [0.29, 0.717) is 33.4 Å². The van der Waals surface area contributed by atoms with Crippen molar-refractivity contribution in [2.24, 2.45) is 25.9 Å². The largest absolute Gasteiger partial charge is 0.480 e. The van der Waals surface area contributed by atoms with E-state index in [1.54, 1.807) is 88.0 Å². The number of thiophene rings is 1. The maximum atomic E-state index is 13.0. The predicted octanol–water partition coefficient (Wildman–Crippen LogP) is 6.89. The van der Waals surface area contributed by atoms with Crippen LogP contribution in [0.15, 0.2) is 106 Å².